The molecule has 0 saturated carbocycles. The quantitative estimate of drug-likeness (QED) is 0.893. The molecule has 2 unspecified atom stereocenters. The van der Waals surface area contributed by atoms with Crippen molar-refractivity contribution in [3.05, 3.63) is 29.3 Å². The van der Waals surface area contributed by atoms with E-state index in [0.29, 0.717) is 24.9 Å². The number of hydrogen-bond acceptors (Lipinski definition) is 3. The van der Waals surface area contributed by atoms with Crippen molar-refractivity contribution in [3.63, 3.8) is 0 Å². The average Bonchev–Trinajstić information content (AvgIpc) is 2.44. The molecule has 2 rings (SSSR count). The zero-order valence-electron chi connectivity index (χ0n) is 13.4. The summed E-state index contributed by atoms with van der Waals surface area (Å²) in [6, 6.07) is 6.09. The van der Waals surface area contributed by atoms with Crippen molar-refractivity contribution < 1.29 is 4.79 Å². The summed E-state index contributed by atoms with van der Waals surface area (Å²) in [5.41, 5.74) is 9.04. The smallest absolute Gasteiger partial charge is 0.238 e. The zero-order valence-corrected chi connectivity index (χ0v) is 13.4. The second-order valence-electron chi connectivity index (χ2n) is 6.36. The van der Waals surface area contributed by atoms with Crippen LogP contribution in [0.3, 0.4) is 0 Å². The number of piperidine rings is 1. The first-order valence-electron chi connectivity index (χ1n) is 7.79. The Morgan fingerprint density at radius 3 is 2.86 bits per heavy atom. The Balaban J connectivity index is 1.90. The van der Waals surface area contributed by atoms with Gasteiger partial charge in [0.25, 0.3) is 0 Å². The van der Waals surface area contributed by atoms with Crippen LogP contribution in [-0.2, 0) is 4.79 Å². The van der Waals surface area contributed by atoms with Gasteiger partial charge < -0.3 is 11.1 Å². The Morgan fingerprint density at radius 2 is 2.19 bits per heavy atom. The molecule has 1 aromatic rings. The third-order valence-corrected chi connectivity index (χ3v) is 4.52. The number of nitrogens with one attached hydrogen (secondary N) is 1. The predicted octanol–water partition coefficient (Wildman–Crippen LogP) is 2.16. The summed E-state index contributed by atoms with van der Waals surface area (Å²) in [6.07, 6.45) is 1.12. The van der Waals surface area contributed by atoms with Crippen molar-refractivity contribution in [1.82, 2.24) is 4.90 Å². The van der Waals surface area contributed by atoms with Crippen LogP contribution in [0.4, 0.5) is 5.69 Å². The number of rotatable bonds is 4. The predicted molar refractivity (Wildman–Crippen MR) is 87.3 cm³/mol. The van der Waals surface area contributed by atoms with E-state index < -0.39 is 0 Å². The molecule has 0 aromatic heterocycles. The molecule has 3 N–H and O–H groups in total. The number of carbonyl (C=O) groups excluding carboxylic acids is 1. The minimum absolute atomic E-state index is 0.0623. The van der Waals surface area contributed by atoms with Crippen molar-refractivity contribution in [1.29, 1.82) is 0 Å². The lowest BCUT2D eigenvalue weighted by molar-refractivity contribution is -0.117. The van der Waals surface area contributed by atoms with Gasteiger partial charge in [-0.2, -0.15) is 0 Å². The van der Waals surface area contributed by atoms with Crippen molar-refractivity contribution in [2.75, 3.05) is 31.5 Å². The maximum absolute atomic E-state index is 12.2. The molecule has 0 radical (unpaired) electrons. The van der Waals surface area contributed by atoms with Gasteiger partial charge in [0.1, 0.15) is 0 Å². The number of benzene rings is 1. The topological polar surface area (TPSA) is 58.4 Å². The molecule has 1 amide bonds. The van der Waals surface area contributed by atoms with Gasteiger partial charge in [0.05, 0.1) is 6.54 Å². The summed E-state index contributed by atoms with van der Waals surface area (Å²) < 4.78 is 0. The van der Waals surface area contributed by atoms with Gasteiger partial charge >= 0.3 is 0 Å². The molecular weight excluding hydrogens is 262 g/mol. The first kappa shape index (κ1) is 16.0. The molecule has 1 aliphatic heterocycles. The molecule has 1 saturated heterocycles. The average molecular weight is 289 g/mol. The van der Waals surface area contributed by atoms with E-state index >= 15 is 0 Å². The number of hydrogen-bond donors (Lipinski definition) is 2. The SMILES string of the molecule is Cc1ccc(NC(=O)CN2CCC(C)C(CN)C2)c(C)c1. The standard InChI is InChI=1S/C17H27N3O/c1-12-4-5-16(14(3)8-12)19-17(21)11-20-7-6-13(2)15(9-18)10-20/h4-5,8,13,15H,6-7,9-11,18H2,1-3H3,(H,19,21). The van der Waals surface area contributed by atoms with Crippen LogP contribution in [0, 0.1) is 25.7 Å². The van der Waals surface area contributed by atoms with Crippen LogP contribution in [0.5, 0.6) is 0 Å². The molecule has 1 aliphatic rings. The summed E-state index contributed by atoms with van der Waals surface area (Å²) in [5, 5.41) is 3.02. The summed E-state index contributed by atoms with van der Waals surface area (Å²) >= 11 is 0. The fourth-order valence-corrected chi connectivity index (χ4v) is 3.02. The highest BCUT2D eigenvalue weighted by Gasteiger charge is 2.26. The lowest BCUT2D eigenvalue weighted by atomic mass is 9.87. The molecule has 116 valence electrons. The van der Waals surface area contributed by atoms with Crippen LogP contribution in [0.25, 0.3) is 0 Å². The van der Waals surface area contributed by atoms with E-state index in [1.807, 2.05) is 19.1 Å². The molecule has 4 nitrogen and oxygen atoms in total. The second kappa shape index (κ2) is 7.05. The third-order valence-electron chi connectivity index (χ3n) is 4.52. The molecule has 21 heavy (non-hydrogen) atoms. The van der Waals surface area contributed by atoms with Gasteiger partial charge in [0, 0.05) is 12.2 Å². The van der Waals surface area contributed by atoms with Gasteiger partial charge in [0.2, 0.25) is 5.91 Å². The first-order chi connectivity index (χ1) is 9.99. The maximum atomic E-state index is 12.2. The van der Waals surface area contributed by atoms with Crippen LogP contribution in [0.2, 0.25) is 0 Å². The van der Waals surface area contributed by atoms with Crippen LogP contribution in [0.1, 0.15) is 24.5 Å². The van der Waals surface area contributed by atoms with E-state index in [9.17, 15) is 4.79 Å². The maximum Gasteiger partial charge on any atom is 0.238 e. The highest BCUT2D eigenvalue weighted by Crippen LogP contribution is 2.22. The van der Waals surface area contributed by atoms with Gasteiger partial charge in [-0.1, -0.05) is 24.6 Å². The normalized spacial score (nSPS) is 23.0. The van der Waals surface area contributed by atoms with E-state index in [0.717, 1.165) is 30.8 Å². The van der Waals surface area contributed by atoms with Gasteiger partial charge in [-0.05, 0) is 56.8 Å². The van der Waals surface area contributed by atoms with Gasteiger partial charge in [-0.15, -0.1) is 0 Å². The Kier molecular flexibility index (Phi) is 5.37. The summed E-state index contributed by atoms with van der Waals surface area (Å²) in [7, 11) is 0. The Morgan fingerprint density at radius 1 is 1.43 bits per heavy atom. The molecule has 4 heteroatoms. The van der Waals surface area contributed by atoms with Gasteiger partial charge in [-0.3, -0.25) is 9.69 Å². The van der Waals surface area contributed by atoms with E-state index in [1.165, 1.54) is 5.56 Å². The number of nitrogens with two attached hydrogens (primary N) is 1. The van der Waals surface area contributed by atoms with Crippen LogP contribution >= 0.6 is 0 Å². The molecule has 2 atom stereocenters. The molecule has 1 fully saturated rings. The number of amides is 1. The molecule has 0 spiro atoms. The lowest BCUT2D eigenvalue weighted by Gasteiger charge is -2.36. The molecule has 1 aromatic carbocycles. The fourth-order valence-electron chi connectivity index (χ4n) is 3.02. The number of likely N-dealkylation sites (tertiary alicyclic amines) is 1. The minimum Gasteiger partial charge on any atom is -0.330 e. The van der Waals surface area contributed by atoms with Crippen molar-refractivity contribution in [3.8, 4) is 0 Å². The molecular formula is C17H27N3O. The minimum atomic E-state index is 0.0623. The molecule has 1 heterocycles. The monoisotopic (exact) mass is 289 g/mol. The van der Waals surface area contributed by atoms with Crippen LogP contribution in [-0.4, -0.2) is 37.0 Å². The number of carbonyl (C=O) groups is 1. The Hall–Kier alpha value is -1.39. The second-order valence-corrected chi connectivity index (χ2v) is 6.36. The largest absolute Gasteiger partial charge is 0.330 e. The Bertz CT molecular complexity index is 501. The number of aryl methyl sites for hydroxylation is 2. The Labute approximate surface area is 127 Å². The van der Waals surface area contributed by atoms with Crippen molar-refractivity contribution in [2.45, 2.75) is 27.2 Å². The summed E-state index contributed by atoms with van der Waals surface area (Å²) in [5.74, 6) is 1.23. The van der Waals surface area contributed by atoms with E-state index in [2.05, 4.69) is 30.1 Å². The van der Waals surface area contributed by atoms with E-state index in [1.54, 1.807) is 0 Å². The first-order valence-corrected chi connectivity index (χ1v) is 7.79. The summed E-state index contributed by atoms with van der Waals surface area (Å²) in [4.78, 5) is 14.4. The number of anilines is 1. The third kappa shape index (κ3) is 4.29. The lowest BCUT2D eigenvalue weighted by Crippen LogP contribution is -2.45. The highest BCUT2D eigenvalue weighted by atomic mass is 16.2. The molecule has 0 aliphatic carbocycles. The fraction of sp³-hybridized carbons (Fsp3) is 0.588. The van der Waals surface area contributed by atoms with Crippen LogP contribution < -0.4 is 11.1 Å². The van der Waals surface area contributed by atoms with E-state index in [-0.39, 0.29) is 5.91 Å². The van der Waals surface area contributed by atoms with Gasteiger partial charge in [0.15, 0.2) is 0 Å². The highest BCUT2D eigenvalue weighted by molar-refractivity contribution is 5.93. The zero-order chi connectivity index (χ0) is 15.4. The number of nitrogens with zero attached hydrogens (tertiary/aromatic N) is 1. The van der Waals surface area contributed by atoms with Crippen LogP contribution in [0.15, 0.2) is 18.2 Å². The van der Waals surface area contributed by atoms with Crippen molar-refractivity contribution >= 4 is 11.6 Å². The van der Waals surface area contributed by atoms with Gasteiger partial charge in [-0.25, -0.2) is 0 Å². The molecule has 0 bridgehead atoms. The van der Waals surface area contributed by atoms with E-state index in [4.69, 9.17) is 5.73 Å². The van der Waals surface area contributed by atoms with Crippen molar-refractivity contribution in [2.24, 2.45) is 17.6 Å². The summed E-state index contributed by atoms with van der Waals surface area (Å²) in [6.45, 7) is 9.41.